The molecule has 15 heavy (non-hydrogen) atoms. The highest BCUT2D eigenvalue weighted by Crippen LogP contribution is 2.08. The van der Waals surface area contributed by atoms with Gasteiger partial charge in [0.05, 0.1) is 0 Å². The smallest absolute Gasteiger partial charge is 0.0254 e. The summed E-state index contributed by atoms with van der Waals surface area (Å²) < 4.78 is 0. The van der Waals surface area contributed by atoms with Crippen LogP contribution in [-0.2, 0) is 0 Å². The highest BCUT2D eigenvalue weighted by atomic mass is 13.9. The normalized spacial score (nSPS) is 11.1. The lowest BCUT2D eigenvalue weighted by molar-refractivity contribution is 1.45. The Kier molecular flexibility index (Phi) is 7.35. The predicted octanol–water partition coefficient (Wildman–Crippen LogP) is 5.00. The molecule has 0 aliphatic rings. The van der Waals surface area contributed by atoms with E-state index in [9.17, 15) is 0 Å². The maximum Gasteiger partial charge on any atom is -0.0254 e. The van der Waals surface area contributed by atoms with Crippen LogP contribution in [0.5, 0.6) is 0 Å². The van der Waals surface area contributed by atoms with Crippen molar-refractivity contribution in [1.29, 1.82) is 0 Å². The van der Waals surface area contributed by atoms with Crippen molar-refractivity contribution in [3.8, 4) is 0 Å². The minimum atomic E-state index is 1.27. The van der Waals surface area contributed by atoms with E-state index in [0.29, 0.717) is 0 Å². The molecule has 0 N–H and O–H groups in total. The highest BCUT2D eigenvalue weighted by Gasteiger charge is 1.87. The molecule has 0 saturated heterocycles. The Labute approximate surface area is 94.3 Å². The minimum absolute atomic E-state index is 1.27. The van der Waals surface area contributed by atoms with E-state index in [-0.39, 0.29) is 0 Å². The van der Waals surface area contributed by atoms with Crippen molar-refractivity contribution in [2.75, 3.05) is 0 Å². The first-order valence-electron chi connectivity index (χ1n) is 5.60. The van der Waals surface area contributed by atoms with Crippen LogP contribution in [-0.4, -0.2) is 0 Å². The third-order valence-electron chi connectivity index (χ3n) is 1.90. The molecule has 0 unspecified atom stereocenters. The molecule has 0 radical (unpaired) electrons. The van der Waals surface area contributed by atoms with E-state index in [1.807, 2.05) is 20.8 Å². The van der Waals surface area contributed by atoms with Crippen LogP contribution in [0.4, 0.5) is 0 Å². The first-order valence-corrected chi connectivity index (χ1v) is 5.60. The summed E-state index contributed by atoms with van der Waals surface area (Å²) in [7, 11) is 0. The van der Waals surface area contributed by atoms with Crippen LogP contribution in [0.1, 0.15) is 38.8 Å². The molecule has 0 aromatic heterocycles. The summed E-state index contributed by atoms with van der Waals surface area (Å²) in [5, 5.41) is 0. The van der Waals surface area contributed by atoms with Crippen molar-refractivity contribution in [2.24, 2.45) is 0 Å². The first kappa shape index (κ1) is 13.7. The molecule has 0 heteroatoms. The summed E-state index contributed by atoms with van der Waals surface area (Å²) in [6.07, 6.45) is 6.35. The topological polar surface area (TPSA) is 0 Å². The van der Waals surface area contributed by atoms with Gasteiger partial charge in [0.25, 0.3) is 0 Å². The highest BCUT2D eigenvalue weighted by molar-refractivity contribution is 5.55. The number of hydrogen-bond acceptors (Lipinski definition) is 0. The van der Waals surface area contributed by atoms with Crippen molar-refractivity contribution >= 4 is 6.08 Å². The summed E-state index contributed by atoms with van der Waals surface area (Å²) in [6.45, 7) is 10.2. The van der Waals surface area contributed by atoms with E-state index >= 15 is 0 Å². The van der Waals surface area contributed by atoms with Gasteiger partial charge >= 0.3 is 0 Å². The van der Waals surface area contributed by atoms with Gasteiger partial charge in [-0.1, -0.05) is 67.5 Å². The van der Waals surface area contributed by atoms with Gasteiger partial charge in [-0.05, 0) is 26.3 Å². The molecule has 0 saturated carbocycles. The monoisotopic (exact) mass is 202 g/mol. The van der Waals surface area contributed by atoms with Gasteiger partial charge in [-0.25, -0.2) is 0 Å². The Morgan fingerprint density at radius 3 is 2.07 bits per heavy atom. The molecule has 0 amide bonds. The SMILES string of the molecule is C/C=C\C(C)=C/c1ccc(C)cc1.CC. The Hall–Kier alpha value is -1.30. The number of rotatable bonds is 2. The summed E-state index contributed by atoms with van der Waals surface area (Å²) in [5.74, 6) is 0. The molecular weight excluding hydrogens is 180 g/mol. The van der Waals surface area contributed by atoms with E-state index in [0.717, 1.165) is 0 Å². The van der Waals surface area contributed by atoms with Crippen LogP contribution < -0.4 is 0 Å². The van der Waals surface area contributed by atoms with Crippen molar-refractivity contribution in [3.05, 3.63) is 53.1 Å². The van der Waals surface area contributed by atoms with Gasteiger partial charge in [-0.3, -0.25) is 0 Å². The van der Waals surface area contributed by atoms with E-state index < -0.39 is 0 Å². The molecule has 1 rings (SSSR count). The molecule has 82 valence electrons. The van der Waals surface area contributed by atoms with Gasteiger partial charge in [-0.2, -0.15) is 0 Å². The van der Waals surface area contributed by atoms with Crippen LogP contribution in [0, 0.1) is 6.92 Å². The quantitative estimate of drug-likeness (QED) is 0.592. The lowest BCUT2D eigenvalue weighted by Gasteiger charge is -1.96. The Balaban J connectivity index is 0.000000921. The van der Waals surface area contributed by atoms with Crippen molar-refractivity contribution < 1.29 is 0 Å². The first-order chi connectivity index (χ1) is 7.22. The van der Waals surface area contributed by atoms with Crippen LogP contribution >= 0.6 is 0 Å². The van der Waals surface area contributed by atoms with Gasteiger partial charge in [-0.15, -0.1) is 0 Å². The average Bonchev–Trinajstić information content (AvgIpc) is 2.25. The average molecular weight is 202 g/mol. The second-order valence-electron chi connectivity index (χ2n) is 3.30. The molecule has 0 nitrogen and oxygen atoms in total. The lowest BCUT2D eigenvalue weighted by Crippen LogP contribution is -1.75. The Morgan fingerprint density at radius 2 is 1.60 bits per heavy atom. The molecule has 0 spiro atoms. The van der Waals surface area contributed by atoms with Gasteiger partial charge in [0.15, 0.2) is 0 Å². The summed E-state index contributed by atoms with van der Waals surface area (Å²) in [5.41, 5.74) is 3.85. The Bertz CT molecular complexity index is 312. The fraction of sp³-hybridized carbons (Fsp3) is 0.333. The standard InChI is InChI=1S/C13H16.C2H6/c1-4-5-12(3)10-13-8-6-11(2)7-9-13;1-2/h4-10H,1-3H3;1-2H3/b5-4-,12-10-;. The molecule has 0 aliphatic carbocycles. The zero-order valence-electron chi connectivity index (χ0n) is 10.5. The second kappa shape index (κ2) is 8.05. The van der Waals surface area contributed by atoms with Crippen LogP contribution in [0.3, 0.4) is 0 Å². The molecule has 0 atom stereocenters. The summed E-state index contributed by atoms with van der Waals surface area (Å²) >= 11 is 0. The molecule has 0 heterocycles. The predicted molar refractivity (Wildman–Crippen MR) is 71.0 cm³/mol. The third-order valence-corrected chi connectivity index (χ3v) is 1.90. The summed E-state index contributed by atoms with van der Waals surface area (Å²) in [6, 6.07) is 8.55. The van der Waals surface area contributed by atoms with Crippen molar-refractivity contribution in [3.63, 3.8) is 0 Å². The van der Waals surface area contributed by atoms with Crippen LogP contribution in [0.2, 0.25) is 0 Å². The van der Waals surface area contributed by atoms with Gasteiger partial charge < -0.3 is 0 Å². The van der Waals surface area contributed by atoms with Crippen molar-refractivity contribution in [1.82, 2.24) is 0 Å². The molecule has 0 bridgehead atoms. The molecule has 0 aliphatic heterocycles. The fourth-order valence-electron chi connectivity index (χ4n) is 1.24. The number of aryl methyl sites for hydroxylation is 1. The van der Waals surface area contributed by atoms with E-state index in [1.165, 1.54) is 16.7 Å². The zero-order chi connectivity index (χ0) is 11.7. The zero-order valence-corrected chi connectivity index (χ0v) is 10.5. The molecule has 1 aromatic carbocycles. The van der Waals surface area contributed by atoms with E-state index in [4.69, 9.17) is 0 Å². The molecular formula is C15H22. The lowest BCUT2D eigenvalue weighted by atomic mass is 10.1. The maximum atomic E-state index is 2.18. The second-order valence-corrected chi connectivity index (χ2v) is 3.30. The van der Waals surface area contributed by atoms with Crippen molar-refractivity contribution in [2.45, 2.75) is 34.6 Å². The van der Waals surface area contributed by atoms with Gasteiger partial charge in [0.2, 0.25) is 0 Å². The maximum absolute atomic E-state index is 2.18. The molecule has 1 aromatic rings. The van der Waals surface area contributed by atoms with E-state index in [1.54, 1.807) is 0 Å². The summed E-state index contributed by atoms with van der Waals surface area (Å²) in [4.78, 5) is 0. The van der Waals surface area contributed by atoms with Gasteiger partial charge in [0, 0.05) is 0 Å². The van der Waals surface area contributed by atoms with Crippen LogP contribution in [0.25, 0.3) is 6.08 Å². The minimum Gasteiger partial charge on any atom is -0.0874 e. The number of benzene rings is 1. The Morgan fingerprint density at radius 1 is 1.07 bits per heavy atom. The fourth-order valence-corrected chi connectivity index (χ4v) is 1.24. The number of hydrogen-bond donors (Lipinski definition) is 0. The van der Waals surface area contributed by atoms with Crippen LogP contribution in [0.15, 0.2) is 42.0 Å². The van der Waals surface area contributed by atoms with E-state index in [2.05, 4.69) is 56.3 Å². The third kappa shape index (κ3) is 5.90. The number of allylic oxidation sites excluding steroid dienone is 3. The van der Waals surface area contributed by atoms with Gasteiger partial charge in [0.1, 0.15) is 0 Å². The molecule has 0 fully saturated rings. The largest absolute Gasteiger partial charge is 0.0874 e.